The summed E-state index contributed by atoms with van der Waals surface area (Å²) in [5, 5.41) is 0. The molecule has 4 rings (SSSR count). The second kappa shape index (κ2) is 14.5. The first-order chi connectivity index (χ1) is 18.5. The number of carbonyl (C=O) groups excluding carboxylic acids is 1. The lowest BCUT2D eigenvalue weighted by Crippen LogP contribution is -2.32. The molecule has 1 aromatic rings. The van der Waals surface area contributed by atoms with Crippen LogP contribution in [0.2, 0.25) is 0 Å². The summed E-state index contributed by atoms with van der Waals surface area (Å²) in [5.74, 6) is 0.860. The van der Waals surface area contributed by atoms with Crippen LogP contribution in [0.25, 0.3) is 0 Å². The van der Waals surface area contributed by atoms with Crippen molar-refractivity contribution in [2.24, 2.45) is 35.5 Å². The van der Waals surface area contributed by atoms with Crippen molar-refractivity contribution in [3.05, 3.63) is 35.9 Å². The Balaban J connectivity index is 1.17. The Labute approximate surface area is 228 Å². The molecule has 3 aliphatic carbocycles. The molecule has 0 aliphatic heterocycles. The van der Waals surface area contributed by atoms with Gasteiger partial charge in [-0.2, -0.15) is 8.78 Å². The summed E-state index contributed by atoms with van der Waals surface area (Å²) < 4.78 is 39.2. The Morgan fingerprint density at radius 2 is 1.32 bits per heavy atom. The van der Waals surface area contributed by atoms with Crippen molar-refractivity contribution >= 4 is 5.97 Å². The Bertz CT molecular complexity index is 905. The zero-order valence-electron chi connectivity index (χ0n) is 23.6. The molecule has 38 heavy (non-hydrogen) atoms. The van der Waals surface area contributed by atoms with Gasteiger partial charge in [0.15, 0.2) is 11.5 Å². The van der Waals surface area contributed by atoms with Crippen LogP contribution in [0.15, 0.2) is 24.3 Å². The first-order valence-corrected chi connectivity index (χ1v) is 15.4. The van der Waals surface area contributed by atoms with Crippen molar-refractivity contribution in [3.63, 3.8) is 0 Å². The van der Waals surface area contributed by atoms with Crippen molar-refractivity contribution < 1.29 is 23.0 Å². The normalized spacial score (nSPS) is 30.3. The van der Waals surface area contributed by atoms with Gasteiger partial charge in [-0.3, -0.25) is 4.79 Å². The zero-order valence-corrected chi connectivity index (χ0v) is 23.6. The van der Waals surface area contributed by atoms with Gasteiger partial charge in [-0.1, -0.05) is 31.9 Å². The van der Waals surface area contributed by atoms with Gasteiger partial charge in [0.1, 0.15) is 0 Å². The van der Waals surface area contributed by atoms with Gasteiger partial charge in [0.05, 0.1) is 12.5 Å². The molecule has 0 aromatic heterocycles. The Morgan fingerprint density at radius 1 is 0.816 bits per heavy atom. The highest BCUT2D eigenvalue weighted by Crippen LogP contribution is 2.46. The maximum atomic E-state index is 14.4. The van der Waals surface area contributed by atoms with E-state index in [9.17, 15) is 13.6 Å². The molecule has 3 saturated carbocycles. The standard InChI is InChI=1S/C33H48F2O3/c1-3-5-6-7-23-8-10-24(11-9-23)25-12-14-26(15-13-25)27-16-18-28(19-17-27)33(36)38-30-21-20-29(37-22-4-2)31(34)32(30)35/h3,5,20-21,23-28H,4,6-19,22H2,1-2H3/b5-3+. The molecule has 3 fully saturated rings. The maximum absolute atomic E-state index is 14.4. The molecule has 1 aromatic carbocycles. The summed E-state index contributed by atoms with van der Waals surface area (Å²) in [6.07, 6.45) is 22.6. The van der Waals surface area contributed by atoms with Crippen molar-refractivity contribution in [1.82, 2.24) is 0 Å². The SMILES string of the molecule is C/C=C/CCC1CCC(C2CCC(C3CCC(C(=O)Oc4ccc(OCCC)c(F)c4F)CC3)CC2)CC1. The summed E-state index contributed by atoms with van der Waals surface area (Å²) in [6.45, 7) is 4.31. The fourth-order valence-corrected chi connectivity index (χ4v) is 7.47. The topological polar surface area (TPSA) is 35.5 Å². The minimum Gasteiger partial charge on any atom is -0.490 e. The van der Waals surface area contributed by atoms with Crippen molar-refractivity contribution in [2.75, 3.05) is 6.61 Å². The molecule has 3 aliphatic rings. The minimum atomic E-state index is -1.15. The number of allylic oxidation sites excluding steroid dienone is 2. The molecular weight excluding hydrogens is 482 g/mol. The molecule has 0 N–H and O–H groups in total. The number of carbonyl (C=O) groups is 1. The molecule has 0 heterocycles. The second-order valence-corrected chi connectivity index (χ2v) is 12.2. The number of hydrogen-bond acceptors (Lipinski definition) is 3. The van der Waals surface area contributed by atoms with E-state index in [4.69, 9.17) is 9.47 Å². The van der Waals surface area contributed by atoms with Crippen LogP contribution in [-0.2, 0) is 4.79 Å². The van der Waals surface area contributed by atoms with Gasteiger partial charge in [0.25, 0.3) is 0 Å². The summed E-state index contributed by atoms with van der Waals surface area (Å²) in [5.41, 5.74) is 0. The summed E-state index contributed by atoms with van der Waals surface area (Å²) in [4.78, 5) is 12.7. The Morgan fingerprint density at radius 3 is 1.87 bits per heavy atom. The highest BCUT2D eigenvalue weighted by atomic mass is 19.2. The molecule has 5 heteroatoms. The number of benzene rings is 1. The van der Waals surface area contributed by atoms with E-state index in [1.807, 2.05) is 6.92 Å². The first kappa shape index (κ1) is 29.1. The molecular formula is C33H48F2O3. The third-order valence-corrected chi connectivity index (χ3v) is 9.81. The van der Waals surface area contributed by atoms with Gasteiger partial charge < -0.3 is 9.47 Å². The fourth-order valence-electron chi connectivity index (χ4n) is 7.47. The lowest BCUT2D eigenvalue weighted by Gasteiger charge is -2.41. The van der Waals surface area contributed by atoms with Crippen LogP contribution in [0.1, 0.15) is 110 Å². The monoisotopic (exact) mass is 530 g/mol. The molecule has 0 spiro atoms. The van der Waals surface area contributed by atoms with E-state index >= 15 is 0 Å². The average molecular weight is 531 g/mol. The molecule has 0 amide bonds. The van der Waals surface area contributed by atoms with Crippen LogP contribution in [0.5, 0.6) is 11.5 Å². The number of ether oxygens (including phenoxy) is 2. The highest BCUT2D eigenvalue weighted by Gasteiger charge is 2.36. The predicted molar refractivity (Wildman–Crippen MR) is 148 cm³/mol. The highest BCUT2D eigenvalue weighted by molar-refractivity contribution is 5.75. The summed E-state index contributed by atoms with van der Waals surface area (Å²) in [6, 6.07) is 2.63. The van der Waals surface area contributed by atoms with Crippen LogP contribution in [-0.4, -0.2) is 12.6 Å². The quantitative estimate of drug-likeness (QED) is 0.172. The van der Waals surface area contributed by atoms with Gasteiger partial charge in [-0.25, -0.2) is 0 Å². The molecule has 0 atom stereocenters. The van der Waals surface area contributed by atoms with Crippen LogP contribution >= 0.6 is 0 Å². The number of hydrogen-bond donors (Lipinski definition) is 0. The Kier molecular flexibility index (Phi) is 11.1. The molecule has 3 nitrogen and oxygen atoms in total. The fraction of sp³-hybridized carbons (Fsp3) is 0.727. The van der Waals surface area contributed by atoms with Gasteiger partial charge >= 0.3 is 5.97 Å². The molecule has 0 bridgehead atoms. The van der Waals surface area contributed by atoms with E-state index in [1.165, 1.54) is 76.3 Å². The third-order valence-electron chi connectivity index (χ3n) is 9.81. The van der Waals surface area contributed by atoms with Crippen molar-refractivity contribution in [2.45, 2.75) is 110 Å². The van der Waals surface area contributed by atoms with Gasteiger partial charge in [-0.15, -0.1) is 0 Å². The number of esters is 1. The van der Waals surface area contributed by atoms with E-state index in [1.54, 1.807) is 0 Å². The van der Waals surface area contributed by atoms with Crippen LogP contribution in [0.3, 0.4) is 0 Å². The summed E-state index contributed by atoms with van der Waals surface area (Å²) >= 11 is 0. The molecule has 0 unspecified atom stereocenters. The van der Waals surface area contributed by atoms with E-state index in [0.717, 1.165) is 49.4 Å². The van der Waals surface area contributed by atoms with E-state index in [0.29, 0.717) is 18.9 Å². The summed E-state index contributed by atoms with van der Waals surface area (Å²) in [7, 11) is 0. The lowest BCUT2D eigenvalue weighted by molar-refractivity contribution is -0.140. The first-order valence-electron chi connectivity index (χ1n) is 15.4. The van der Waals surface area contributed by atoms with E-state index in [-0.39, 0.29) is 17.4 Å². The van der Waals surface area contributed by atoms with Gasteiger partial charge in [0.2, 0.25) is 11.6 Å². The van der Waals surface area contributed by atoms with Crippen LogP contribution in [0, 0.1) is 47.1 Å². The number of halogens is 2. The average Bonchev–Trinajstić information content (AvgIpc) is 2.96. The zero-order chi connectivity index (χ0) is 26.9. The van der Waals surface area contributed by atoms with Crippen molar-refractivity contribution in [1.29, 1.82) is 0 Å². The Hall–Kier alpha value is -1.91. The van der Waals surface area contributed by atoms with Gasteiger partial charge in [0, 0.05) is 0 Å². The minimum absolute atomic E-state index is 0.146. The molecule has 0 radical (unpaired) electrons. The smallest absolute Gasteiger partial charge is 0.314 e. The lowest BCUT2D eigenvalue weighted by atomic mass is 9.65. The van der Waals surface area contributed by atoms with Gasteiger partial charge in [-0.05, 0) is 132 Å². The van der Waals surface area contributed by atoms with Crippen LogP contribution < -0.4 is 9.47 Å². The maximum Gasteiger partial charge on any atom is 0.314 e. The number of rotatable bonds is 10. The van der Waals surface area contributed by atoms with Crippen molar-refractivity contribution in [3.8, 4) is 11.5 Å². The van der Waals surface area contributed by atoms with Crippen LogP contribution in [0.4, 0.5) is 8.78 Å². The molecule has 212 valence electrons. The van der Waals surface area contributed by atoms with E-state index in [2.05, 4.69) is 19.1 Å². The third kappa shape index (κ3) is 7.60. The molecule has 0 saturated heterocycles. The van der Waals surface area contributed by atoms with E-state index < -0.39 is 17.6 Å². The largest absolute Gasteiger partial charge is 0.490 e. The second-order valence-electron chi connectivity index (χ2n) is 12.2. The predicted octanol–water partition coefficient (Wildman–Crippen LogP) is 9.43.